The molecule has 0 spiro atoms. The standard InChI is InChI=1S/C10H17NO3/c1-7(10(13)14-3)6-11(8(2)12)9-4-5-9/h7,9H,4-6H2,1-3H3. The second-order valence-corrected chi connectivity index (χ2v) is 3.83. The Morgan fingerprint density at radius 1 is 1.50 bits per heavy atom. The van der Waals surface area contributed by atoms with E-state index in [1.54, 1.807) is 18.7 Å². The Labute approximate surface area is 84.2 Å². The van der Waals surface area contributed by atoms with Crippen molar-refractivity contribution < 1.29 is 14.3 Å². The molecule has 0 heterocycles. The van der Waals surface area contributed by atoms with Gasteiger partial charge in [-0.1, -0.05) is 6.92 Å². The van der Waals surface area contributed by atoms with Gasteiger partial charge in [-0.25, -0.2) is 0 Å². The quantitative estimate of drug-likeness (QED) is 0.629. The van der Waals surface area contributed by atoms with Crippen LogP contribution in [0.3, 0.4) is 0 Å². The third kappa shape index (κ3) is 2.72. The van der Waals surface area contributed by atoms with Crippen molar-refractivity contribution in [1.29, 1.82) is 0 Å². The molecule has 1 fully saturated rings. The molecule has 4 nitrogen and oxygen atoms in total. The molecule has 0 radical (unpaired) electrons. The lowest BCUT2D eigenvalue weighted by atomic mass is 10.1. The summed E-state index contributed by atoms with van der Waals surface area (Å²) in [5.74, 6) is -0.440. The maximum absolute atomic E-state index is 11.2. The van der Waals surface area contributed by atoms with Gasteiger partial charge < -0.3 is 9.64 Å². The number of ether oxygens (including phenoxy) is 1. The van der Waals surface area contributed by atoms with Crippen LogP contribution in [0.25, 0.3) is 0 Å². The Balaban J connectivity index is 2.46. The first-order chi connectivity index (χ1) is 6.56. The zero-order valence-electron chi connectivity index (χ0n) is 8.95. The summed E-state index contributed by atoms with van der Waals surface area (Å²) in [6, 6.07) is 0.361. The number of carbonyl (C=O) groups excluding carboxylic acids is 2. The average Bonchev–Trinajstić information content (AvgIpc) is 2.95. The first-order valence-electron chi connectivity index (χ1n) is 4.91. The third-order valence-corrected chi connectivity index (χ3v) is 2.47. The average molecular weight is 199 g/mol. The number of hydrogen-bond donors (Lipinski definition) is 0. The molecule has 0 aliphatic heterocycles. The Bertz CT molecular complexity index is 236. The van der Waals surface area contributed by atoms with E-state index in [0.717, 1.165) is 12.8 Å². The van der Waals surface area contributed by atoms with E-state index >= 15 is 0 Å². The van der Waals surface area contributed by atoms with Gasteiger partial charge >= 0.3 is 5.97 Å². The first kappa shape index (κ1) is 11.0. The lowest BCUT2D eigenvalue weighted by Gasteiger charge is -2.23. The summed E-state index contributed by atoms with van der Waals surface area (Å²) in [7, 11) is 1.37. The highest BCUT2D eigenvalue weighted by Crippen LogP contribution is 2.27. The van der Waals surface area contributed by atoms with Gasteiger partial charge in [-0.2, -0.15) is 0 Å². The predicted octanol–water partition coefficient (Wildman–Crippen LogP) is 0.806. The van der Waals surface area contributed by atoms with Crippen molar-refractivity contribution in [1.82, 2.24) is 4.90 Å². The molecule has 1 unspecified atom stereocenters. The molecule has 80 valence electrons. The van der Waals surface area contributed by atoms with E-state index in [1.165, 1.54) is 7.11 Å². The molecule has 1 aliphatic carbocycles. The molecule has 1 atom stereocenters. The van der Waals surface area contributed by atoms with E-state index < -0.39 is 0 Å². The van der Waals surface area contributed by atoms with Crippen molar-refractivity contribution in [2.24, 2.45) is 5.92 Å². The van der Waals surface area contributed by atoms with E-state index in [0.29, 0.717) is 12.6 Å². The van der Waals surface area contributed by atoms with E-state index in [-0.39, 0.29) is 17.8 Å². The molecule has 0 aromatic heterocycles. The largest absolute Gasteiger partial charge is 0.469 e. The zero-order chi connectivity index (χ0) is 10.7. The molecule has 0 saturated heterocycles. The SMILES string of the molecule is COC(=O)C(C)CN(C(C)=O)C1CC1. The van der Waals surface area contributed by atoms with E-state index in [2.05, 4.69) is 4.74 Å². The maximum atomic E-state index is 11.2. The smallest absolute Gasteiger partial charge is 0.310 e. The highest BCUT2D eigenvalue weighted by Gasteiger charge is 2.32. The van der Waals surface area contributed by atoms with Crippen LogP contribution in [0.1, 0.15) is 26.7 Å². The highest BCUT2D eigenvalue weighted by molar-refractivity contribution is 5.76. The summed E-state index contributed by atoms with van der Waals surface area (Å²) in [6.07, 6.45) is 2.13. The Morgan fingerprint density at radius 3 is 2.43 bits per heavy atom. The van der Waals surface area contributed by atoms with Crippen LogP contribution in [0.4, 0.5) is 0 Å². The second-order valence-electron chi connectivity index (χ2n) is 3.83. The van der Waals surface area contributed by atoms with Crippen LogP contribution < -0.4 is 0 Å². The topological polar surface area (TPSA) is 46.6 Å². The summed E-state index contributed by atoms with van der Waals surface area (Å²) < 4.78 is 4.62. The minimum Gasteiger partial charge on any atom is -0.469 e. The Kier molecular flexibility index (Phi) is 3.49. The van der Waals surface area contributed by atoms with Crippen LogP contribution in [0, 0.1) is 5.92 Å². The number of esters is 1. The van der Waals surface area contributed by atoms with E-state index in [9.17, 15) is 9.59 Å². The monoisotopic (exact) mass is 199 g/mol. The van der Waals surface area contributed by atoms with E-state index in [1.807, 2.05) is 0 Å². The zero-order valence-corrected chi connectivity index (χ0v) is 8.95. The lowest BCUT2D eigenvalue weighted by Crippen LogP contribution is -2.37. The summed E-state index contributed by atoms with van der Waals surface area (Å²) in [4.78, 5) is 24.2. The maximum Gasteiger partial charge on any atom is 0.310 e. The molecule has 0 bridgehead atoms. The number of carbonyl (C=O) groups is 2. The molecular formula is C10H17NO3. The molecule has 1 amide bonds. The fourth-order valence-corrected chi connectivity index (χ4v) is 1.49. The van der Waals surface area contributed by atoms with Crippen molar-refractivity contribution in [3.05, 3.63) is 0 Å². The molecule has 14 heavy (non-hydrogen) atoms. The van der Waals surface area contributed by atoms with Gasteiger partial charge in [0.05, 0.1) is 13.0 Å². The number of amides is 1. The van der Waals surface area contributed by atoms with Gasteiger partial charge in [0.15, 0.2) is 0 Å². The van der Waals surface area contributed by atoms with Crippen molar-refractivity contribution in [2.75, 3.05) is 13.7 Å². The van der Waals surface area contributed by atoms with Crippen molar-refractivity contribution in [2.45, 2.75) is 32.7 Å². The molecule has 1 rings (SSSR count). The van der Waals surface area contributed by atoms with E-state index in [4.69, 9.17) is 0 Å². The van der Waals surface area contributed by atoms with Crippen LogP contribution in [0.2, 0.25) is 0 Å². The summed E-state index contributed by atoms with van der Waals surface area (Å²) in [6.45, 7) is 3.80. The number of hydrogen-bond acceptors (Lipinski definition) is 3. The lowest BCUT2D eigenvalue weighted by molar-refractivity contribution is -0.146. The molecule has 0 aromatic carbocycles. The van der Waals surface area contributed by atoms with Crippen LogP contribution in [0.15, 0.2) is 0 Å². The van der Waals surface area contributed by atoms with Crippen LogP contribution in [0.5, 0.6) is 0 Å². The van der Waals surface area contributed by atoms with Gasteiger partial charge in [-0.15, -0.1) is 0 Å². The van der Waals surface area contributed by atoms with Gasteiger partial charge in [0.1, 0.15) is 0 Å². The predicted molar refractivity (Wildman–Crippen MR) is 51.6 cm³/mol. The summed E-state index contributed by atoms with van der Waals surface area (Å²) in [5, 5.41) is 0. The second kappa shape index (κ2) is 4.44. The molecule has 4 heteroatoms. The normalized spacial score (nSPS) is 17.4. The fraction of sp³-hybridized carbons (Fsp3) is 0.800. The van der Waals surface area contributed by atoms with Crippen LogP contribution >= 0.6 is 0 Å². The van der Waals surface area contributed by atoms with Crippen molar-refractivity contribution in [3.63, 3.8) is 0 Å². The summed E-state index contributed by atoms with van der Waals surface area (Å²) >= 11 is 0. The Morgan fingerprint density at radius 2 is 2.07 bits per heavy atom. The Hall–Kier alpha value is -1.06. The van der Waals surface area contributed by atoms with Crippen molar-refractivity contribution in [3.8, 4) is 0 Å². The van der Waals surface area contributed by atoms with Crippen molar-refractivity contribution >= 4 is 11.9 Å². The minimum absolute atomic E-state index is 0.0447. The van der Waals surface area contributed by atoms with Gasteiger partial charge in [0.2, 0.25) is 5.91 Å². The van der Waals surface area contributed by atoms with Crippen LogP contribution in [-0.2, 0) is 14.3 Å². The minimum atomic E-state index is -0.253. The molecule has 1 saturated carbocycles. The summed E-state index contributed by atoms with van der Waals surface area (Å²) in [5.41, 5.74) is 0. The molecule has 0 N–H and O–H groups in total. The molecular weight excluding hydrogens is 182 g/mol. The van der Waals surface area contributed by atoms with Gasteiger partial charge in [-0.3, -0.25) is 9.59 Å². The number of nitrogens with zero attached hydrogens (tertiary/aromatic N) is 1. The number of rotatable bonds is 4. The van der Waals surface area contributed by atoms with Gasteiger partial charge in [-0.05, 0) is 12.8 Å². The van der Waals surface area contributed by atoms with Gasteiger partial charge in [0.25, 0.3) is 0 Å². The fourth-order valence-electron chi connectivity index (χ4n) is 1.49. The third-order valence-electron chi connectivity index (χ3n) is 2.47. The molecule has 0 aromatic rings. The molecule has 1 aliphatic rings. The number of methoxy groups -OCH3 is 1. The van der Waals surface area contributed by atoms with Crippen LogP contribution in [-0.4, -0.2) is 36.5 Å². The van der Waals surface area contributed by atoms with Gasteiger partial charge in [0, 0.05) is 19.5 Å². The highest BCUT2D eigenvalue weighted by atomic mass is 16.5. The first-order valence-corrected chi connectivity index (χ1v) is 4.91.